The molecule has 0 amide bonds. The fraction of sp³-hybridized carbons (Fsp3) is 1.00. The van der Waals surface area contributed by atoms with Gasteiger partial charge < -0.3 is 15.2 Å². The van der Waals surface area contributed by atoms with Gasteiger partial charge in [-0.05, 0) is 38.1 Å². The lowest BCUT2D eigenvalue weighted by Gasteiger charge is -2.31. The maximum atomic E-state index is 9.15. The van der Waals surface area contributed by atoms with E-state index in [2.05, 4.69) is 10.2 Å². The maximum absolute atomic E-state index is 9.15. The van der Waals surface area contributed by atoms with Crippen molar-refractivity contribution in [3.63, 3.8) is 0 Å². The van der Waals surface area contributed by atoms with Crippen molar-refractivity contribution in [3.8, 4) is 0 Å². The van der Waals surface area contributed by atoms with Crippen molar-refractivity contribution < 1.29 is 9.84 Å². The van der Waals surface area contributed by atoms with Crippen LogP contribution in [0.4, 0.5) is 0 Å². The quantitative estimate of drug-likeness (QED) is 0.710. The van der Waals surface area contributed by atoms with E-state index in [-0.39, 0.29) is 6.61 Å². The third-order valence-electron chi connectivity index (χ3n) is 3.83. The zero-order chi connectivity index (χ0) is 11.9. The molecule has 4 heteroatoms. The normalized spacial score (nSPS) is 30.0. The SMILES string of the molecule is OCCN(CC1CCCOC1)CC1CCCN1. The highest BCUT2D eigenvalue weighted by atomic mass is 16.5. The number of rotatable bonds is 6. The molecule has 0 spiro atoms. The Labute approximate surface area is 104 Å². The van der Waals surface area contributed by atoms with Gasteiger partial charge in [0.25, 0.3) is 0 Å². The van der Waals surface area contributed by atoms with E-state index < -0.39 is 0 Å². The summed E-state index contributed by atoms with van der Waals surface area (Å²) >= 11 is 0. The Bertz CT molecular complexity index is 202. The van der Waals surface area contributed by atoms with Gasteiger partial charge in [-0.2, -0.15) is 0 Å². The molecule has 4 nitrogen and oxygen atoms in total. The number of aliphatic hydroxyl groups excluding tert-OH is 1. The average Bonchev–Trinajstić information content (AvgIpc) is 2.83. The minimum Gasteiger partial charge on any atom is -0.395 e. The average molecular weight is 242 g/mol. The Morgan fingerprint density at radius 2 is 2.18 bits per heavy atom. The van der Waals surface area contributed by atoms with Crippen LogP contribution in [0.2, 0.25) is 0 Å². The molecule has 0 aromatic heterocycles. The number of aliphatic hydroxyl groups is 1. The Balaban J connectivity index is 1.74. The van der Waals surface area contributed by atoms with E-state index in [9.17, 15) is 0 Å². The molecule has 2 saturated heterocycles. The Morgan fingerprint density at radius 3 is 2.82 bits per heavy atom. The number of hydrogen-bond acceptors (Lipinski definition) is 4. The first-order valence-corrected chi connectivity index (χ1v) is 7.03. The molecule has 0 aliphatic carbocycles. The van der Waals surface area contributed by atoms with Crippen molar-refractivity contribution >= 4 is 0 Å². The predicted molar refractivity (Wildman–Crippen MR) is 68.1 cm³/mol. The van der Waals surface area contributed by atoms with Gasteiger partial charge in [0.2, 0.25) is 0 Å². The third-order valence-corrected chi connectivity index (χ3v) is 3.83. The molecular weight excluding hydrogens is 216 g/mol. The smallest absolute Gasteiger partial charge is 0.0558 e. The second-order valence-corrected chi connectivity index (χ2v) is 5.36. The second-order valence-electron chi connectivity index (χ2n) is 5.36. The molecule has 2 aliphatic rings. The monoisotopic (exact) mass is 242 g/mol. The van der Waals surface area contributed by atoms with E-state index in [4.69, 9.17) is 9.84 Å². The van der Waals surface area contributed by atoms with E-state index in [1.165, 1.54) is 25.7 Å². The van der Waals surface area contributed by atoms with E-state index >= 15 is 0 Å². The number of hydrogen-bond donors (Lipinski definition) is 2. The lowest BCUT2D eigenvalue weighted by molar-refractivity contribution is 0.0345. The minimum atomic E-state index is 0.264. The van der Waals surface area contributed by atoms with Crippen molar-refractivity contribution in [1.29, 1.82) is 0 Å². The van der Waals surface area contributed by atoms with Gasteiger partial charge in [0.1, 0.15) is 0 Å². The topological polar surface area (TPSA) is 44.7 Å². The van der Waals surface area contributed by atoms with Crippen LogP contribution in [0.5, 0.6) is 0 Å². The van der Waals surface area contributed by atoms with Gasteiger partial charge in [0, 0.05) is 32.3 Å². The standard InChI is InChI=1S/C13H26N2O2/c16-7-6-15(10-13-4-1-5-14-13)9-12-3-2-8-17-11-12/h12-14,16H,1-11H2. The summed E-state index contributed by atoms with van der Waals surface area (Å²) in [6, 6.07) is 0.631. The highest BCUT2D eigenvalue weighted by Gasteiger charge is 2.21. The Kier molecular flexibility index (Phi) is 5.71. The molecule has 2 aliphatic heterocycles. The molecule has 0 saturated carbocycles. The number of nitrogens with one attached hydrogen (secondary N) is 1. The Morgan fingerprint density at radius 1 is 1.24 bits per heavy atom. The summed E-state index contributed by atoms with van der Waals surface area (Å²) in [6.07, 6.45) is 5.05. The van der Waals surface area contributed by atoms with Gasteiger partial charge in [0.15, 0.2) is 0 Å². The van der Waals surface area contributed by atoms with Crippen molar-refractivity contribution in [3.05, 3.63) is 0 Å². The van der Waals surface area contributed by atoms with E-state index in [0.717, 1.165) is 39.4 Å². The molecule has 2 atom stereocenters. The van der Waals surface area contributed by atoms with Crippen LogP contribution in [0.25, 0.3) is 0 Å². The van der Waals surface area contributed by atoms with E-state index in [0.29, 0.717) is 12.0 Å². The first-order valence-electron chi connectivity index (χ1n) is 7.03. The molecule has 17 heavy (non-hydrogen) atoms. The number of nitrogens with zero attached hydrogens (tertiary/aromatic N) is 1. The van der Waals surface area contributed by atoms with Crippen LogP contribution in [-0.2, 0) is 4.74 Å². The summed E-state index contributed by atoms with van der Waals surface area (Å²) in [6.45, 7) is 6.22. The van der Waals surface area contributed by atoms with Crippen LogP contribution in [0.3, 0.4) is 0 Å². The van der Waals surface area contributed by atoms with Crippen molar-refractivity contribution in [2.24, 2.45) is 5.92 Å². The minimum absolute atomic E-state index is 0.264. The molecule has 2 rings (SSSR count). The van der Waals surface area contributed by atoms with Gasteiger partial charge in [0.05, 0.1) is 13.2 Å². The number of ether oxygens (including phenoxy) is 1. The van der Waals surface area contributed by atoms with Gasteiger partial charge in [-0.3, -0.25) is 4.90 Å². The zero-order valence-electron chi connectivity index (χ0n) is 10.7. The highest BCUT2D eigenvalue weighted by Crippen LogP contribution is 2.16. The van der Waals surface area contributed by atoms with Crippen molar-refractivity contribution in [2.45, 2.75) is 31.7 Å². The van der Waals surface area contributed by atoms with Crippen molar-refractivity contribution in [1.82, 2.24) is 10.2 Å². The molecular formula is C13H26N2O2. The van der Waals surface area contributed by atoms with Crippen LogP contribution >= 0.6 is 0 Å². The zero-order valence-corrected chi connectivity index (χ0v) is 10.7. The molecule has 100 valence electrons. The van der Waals surface area contributed by atoms with Crippen LogP contribution in [-0.4, -0.2) is 62.0 Å². The molecule has 0 bridgehead atoms. The summed E-state index contributed by atoms with van der Waals surface area (Å²) in [4.78, 5) is 2.41. The summed E-state index contributed by atoms with van der Waals surface area (Å²) < 4.78 is 5.53. The predicted octanol–water partition coefficient (Wildman–Crippen LogP) is 0.459. The molecule has 2 fully saturated rings. The molecule has 2 N–H and O–H groups in total. The van der Waals surface area contributed by atoms with Gasteiger partial charge in [-0.25, -0.2) is 0 Å². The lowest BCUT2D eigenvalue weighted by atomic mass is 10.0. The van der Waals surface area contributed by atoms with Crippen LogP contribution in [0.1, 0.15) is 25.7 Å². The first-order chi connectivity index (χ1) is 8.38. The summed E-state index contributed by atoms with van der Waals surface area (Å²) in [5.74, 6) is 0.664. The lowest BCUT2D eigenvalue weighted by Crippen LogP contribution is -2.42. The summed E-state index contributed by atoms with van der Waals surface area (Å²) in [7, 11) is 0. The van der Waals surface area contributed by atoms with E-state index in [1.807, 2.05) is 0 Å². The van der Waals surface area contributed by atoms with Gasteiger partial charge in [-0.15, -0.1) is 0 Å². The van der Waals surface area contributed by atoms with Gasteiger partial charge >= 0.3 is 0 Å². The molecule has 0 radical (unpaired) electrons. The second kappa shape index (κ2) is 7.31. The van der Waals surface area contributed by atoms with Crippen LogP contribution in [0, 0.1) is 5.92 Å². The molecule has 0 aromatic carbocycles. The first kappa shape index (κ1) is 13.3. The summed E-state index contributed by atoms with van der Waals surface area (Å²) in [5, 5.41) is 12.7. The highest BCUT2D eigenvalue weighted by molar-refractivity contribution is 4.79. The van der Waals surface area contributed by atoms with Crippen LogP contribution in [0.15, 0.2) is 0 Å². The molecule has 0 aromatic rings. The summed E-state index contributed by atoms with van der Waals surface area (Å²) in [5.41, 5.74) is 0. The molecule has 2 heterocycles. The fourth-order valence-electron chi connectivity index (χ4n) is 2.94. The van der Waals surface area contributed by atoms with Crippen LogP contribution < -0.4 is 5.32 Å². The molecule has 2 unspecified atom stereocenters. The largest absolute Gasteiger partial charge is 0.395 e. The van der Waals surface area contributed by atoms with Crippen molar-refractivity contribution in [2.75, 3.05) is 46.0 Å². The van der Waals surface area contributed by atoms with Gasteiger partial charge in [-0.1, -0.05) is 0 Å². The Hall–Kier alpha value is -0.160. The van der Waals surface area contributed by atoms with E-state index in [1.54, 1.807) is 0 Å². The maximum Gasteiger partial charge on any atom is 0.0558 e. The fourth-order valence-corrected chi connectivity index (χ4v) is 2.94. The third kappa shape index (κ3) is 4.54.